The van der Waals surface area contributed by atoms with Gasteiger partial charge in [-0.15, -0.1) is 0 Å². The zero-order chi connectivity index (χ0) is 17.8. The average Bonchev–Trinajstić information content (AvgIpc) is 3.02. The first-order valence-corrected chi connectivity index (χ1v) is 8.42. The van der Waals surface area contributed by atoms with Crippen LogP contribution in [0.2, 0.25) is 0 Å². The molecule has 2 aromatic carbocycles. The van der Waals surface area contributed by atoms with E-state index in [1.54, 1.807) is 24.1 Å². The summed E-state index contributed by atoms with van der Waals surface area (Å²) in [5.41, 5.74) is 1.89. The van der Waals surface area contributed by atoms with E-state index in [0.717, 1.165) is 16.9 Å². The molecule has 0 aromatic heterocycles. The highest BCUT2D eigenvalue weighted by Gasteiger charge is 2.34. The number of hydrogen-bond acceptors (Lipinski definition) is 3. The van der Waals surface area contributed by atoms with Crippen molar-refractivity contribution in [2.24, 2.45) is 0 Å². The molecule has 5 heteroatoms. The van der Waals surface area contributed by atoms with Crippen LogP contribution in [0.1, 0.15) is 30.0 Å². The Morgan fingerprint density at radius 2 is 2.04 bits per heavy atom. The van der Waals surface area contributed by atoms with Gasteiger partial charge in [0.2, 0.25) is 5.91 Å². The minimum atomic E-state index is -0.546. The first-order chi connectivity index (χ1) is 12.1. The molecule has 0 bridgehead atoms. The lowest BCUT2D eigenvalue weighted by Crippen LogP contribution is -2.31. The Morgan fingerprint density at radius 3 is 2.76 bits per heavy atom. The molecule has 0 unspecified atom stereocenters. The largest absolute Gasteiger partial charge is 0.497 e. The monoisotopic (exact) mass is 343 g/mol. The van der Waals surface area contributed by atoms with Crippen LogP contribution in [-0.4, -0.2) is 35.7 Å². The predicted octanol–water partition coefficient (Wildman–Crippen LogP) is 3.10. The Labute approximate surface area is 146 Å². The zero-order valence-electron chi connectivity index (χ0n) is 14.2. The van der Waals surface area contributed by atoms with Gasteiger partial charge in [-0.2, -0.15) is 0 Å². The number of rotatable bonds is 5. The van der Waals surface area contributed by atoms with Crippen LogP contribution in [-0.2, 0) is 11.2 Å². The van der Waals surface area contributed by atoms with Gasteiger partial charge in [0.25, 0.3) is 0 Å². The maximum absolute atomic E-state index is 13.1. The molecule has 1 heterocycles. The molecule has 25 heavy (non-hydrogen) atoms. The van der Waals surface area contributed by atoms with Gasteiger partial charge in [-0.05, 0) is 48.2 Å². The molecule has 1 aliphatic rings. The number of likely N-dealkylation sites (tertiary alicyclic amines) is 1. The van der Waals surface area contributed by atoms with E-state index < -0.39 is 6.10 Å². The molecule has 1 aliphatic heterocycles. The second kappa shape index (κ2) is 7.66. The number of nitrogens with zero attached hydrogens (tertiary/aromatic N) is 1. The van der Waals surface area contributed by atoms with E-state index in [0.29, 0.717) is 25.8 Å². The maximum atomic E-state index is 13.1. The topological polar surface area (TPSA) is 49.8 Å². The Kier molecular flexibility index (Phi) is 5.34. The molecule has 0 spiro atoms. The fourth-order valence-electron chi connectivity index (χ4n) is 3.31. The van der Waals surface area contributed by atoms with Crippen molar-refractivity contribution in [3.63, 3.8) is 0 Å². The standard InChI is InChI=1S/C20H22FNO3/c1-25-18-4-2-3-14(11-18)5-10-20(24)22-13-17(23)12-19(22)15-6-8-16(21)9-7-15/h2-4,6-9,11,17,19,23H,5,10,12-13H2,1H3/t17-,19-/m0/s1. The quantitative estimate of drug-likeness (QED) is 0.908. The van der Waals surface area contributed by atoms with Crippen LogP contribution in [0, 0.1) is 5.82 Å². The van der Waals surface area contributed by atoms with Crippen molar-refractivity contribution in [2.75, 3.05) is 13.7 Å². The van der Waals surface area contributed by atoms with Crippen LogP contribution in [0.4, 0.5) is 4.39 Å². The molecule has 1 saturated heterocycles. The van der Waals surface area contributed by atoms with Crippen molar-refractivity contribution in [3.05, 3.63) is 65.5 Å². The molecule has 2 aromatic rings. The second-order valence-corrected chi connectivity index (χ2v) is 6.35. The summed E-state index contributed by atoms with van der Waals surface area (Å²) in [4.78, 5) is 14.4. The molecule has 1 amide bonds. The zero-order valence-corrected chi connectivity index (χ0v) is 14.2. The van der Waals surface area contributed by atoms with E-state index in [2.05, 4.69) is 0 Å². The van der Waals surface area contributed by atoms with Gasteiger partial charge in [0.15, 0.2) is 0 Å². The molecule has 1 fully saturated rings. The summed E-state index contributed by atoms with van der Waals surface area (Å²) in [6.45, 7) is 0.318. The van der Waals surface area contributed by atoms with Crippen LogP contribution in [0.15, 0.2) is 48.5 Å². The number of carbonyl (C=O) groups excluding carboxylic acids is 1. The highest BCUT2D eigenvalue weighted by molar-refractivity contribution is 5.77. The lowest BCUT2D eigenvalue weighted by molar-refractivity contribution is -0.132. The van der Waals surface area contributed by atoms with Crippen LogP contribution in [0.3, 0.4) is 0 Å². The summed E-state index contributed by atoms with van der Waals surface area (Å²) in [6.07, 6.45) is 0.906. The number of amides is 1. The van der Waals surface area contributed by atoms with Crippen molar-refractivity contribution >= 4 is 5.91 Å². The van der Waals surface area contributed by atoms with E-state index in [-0.39, 0.29) is 17.8 Å². The number of aliphatic hydroxyl groups is 1. The highest BCUT2D eigenvalue weighted by Crippen LogP contribution is 2.33. The summed E-state index contributed by atoms with van der Waals surface area (Å²) in [7, 11) is 1.61. The van der Waals surface area contributed by atoms with Crippen LogP contribution < -0.4 is 4.74 Å². The minimum absolute atomic E-state index is 0.00584. The molecular weight excluding hydrogens is 321 g/mol. The minimum Gasteiger partial charge on any atom is -0.497 e. The second-order valence-electron chi connectivity index (χ2n) is 6.35. The highest BCUT2D eigenvalue weighted by atomic mass is 19.1. The summed E-state index contributed by atoms with van der Waals surface area (Å²) < 4.78 is 18.3. The third-order valence-electron chi connectivity index (χ3n) is 4.62. The predicted molar refractivity (Wildman–Crippen MR) is 92.8 cm³/mol. The summed E-state index contributed by atoms with van der Waals surface area (Å²) in [5, 5.41) is 10.0. The fraction of sp³-hybridized carbons (Fsp3) is 0.350. The molecule has 132 valence electrons. The number of aryl methyl sites for hydroxylation is 1. The summed E-state index contributed by atoms with van der Waals surface area (Å²) in [5.74, 6) is 0.456. The summed E-state index contributed by atoms with van der Waals surface area (Å²) >= 11 is 0. The molecule has 0 aliphatic carbocycles. The third kappa shape index (κ3) is 4.17. The average molecular weight is 343 g/mol. The fourth-order valence-corrected chi connectivity index (χ4v) is 3.31. The summed E-state index contributed by atoms with van der Waals surface area (Å²) in [6, 6.07) is 13.6. The number of ether oxygens (including phenoxy) is 1. The van der Waals surface area contributed by atoms with Gasteiger partial charge in [-0.3, -0.25) is 4.79 Å². The SMILES string of the molecule is COc1cccc(CCC(=O)N2C[C@@H](O)C[C@H]2c2ccc(F)cc2)c1. The van der Waals surface area contributed by atoms with E-state index >= 15 is 0 Å². The van der Waals surface area contributed by atoms with Gasteiger partial charge in [0.05, 0.1) is 19.3 Å². The number of methoxy groups -OCH3 is 1. The van der Waals surface area contributed by atoms with E-state index in [4.69, 9.17) is 4.74 Å². The van der Waals surface area contributed by atoms with Gasteiger partial charge in [-0.25, -0.2) is 4.39 Å². The van der Waals surface area contributed by atoms with E-state index in [1.165, 1.54) is 12.1 Å². The first-order valence-electron chi connectivity index (χ1n) is 8.42. The number of halogens is 1. The van der Waals surface area contributed by atoms with Crippen LogP contribution in [0.5, 0.6) is 5.75 Å². The van der Waals surface area contributed by atoms with Crippen LogP contribution in [0.25, 0.3) is 0 Å². The maximum Gasteiger partial charge on any atom is 0.223 e. The third-order valence-corrected chi connectivity index (χ3v) is 4.62. The normalized spacial score (nSPS) is 19.9. The van der Waals surface area contributed by atoms with Crippen molar-refractivity contribution in [1.82, 2.24) is 4.90 Å². The number of benzene rings is 2. The molecule has 0 saturated carbocycles. The van der Waals surface area contributed by atoms with Crippen molar-refractivity contribution < 1.29 is 19.0 Å². The lowest BCUT2D eigenvalue weighted by atomic mass is 10.0. The van der Waals surface area contributed by atoms with Crippen LogP contribution >= 0.6 is 0 Å². The number of β-amino-alcohol motifs (C(OH)–C–C–N with tert-alkyl or cyclic N) is 1. The number of hydrogen-bond donors (Lipinski definition) is 1. The lowest BCUT2D eigenvalue weighted by Gasteiger charge is -2.25. The molecule has 0 radical (unpaired) electrons. The molecular formula is C20H22FNO3. The van der Waals surface area contributed by atoms with Crippen molar-refractivity contribution in [1.29, 1.82) is 0 Å². The van der Waals surface area contributed by atoms with Gasteiger partial charge < -0.3 is 14.7 Å². The smallest absolute Gasteiger partial charge is 0.223 e. The Hall–Kier alpha value is -2.40. The van der Waals surface area contributed by atoms with E-state index in [1.807, 2.05) is 24.3 Å². The Balaban J connectivity index is 1.67. The van der Waals surface area contributed by atoms with Gasteiger partial charge in [-0.1, -0.05) is 24.3 Å². The van der Waals surface area contributed by atoms with Gasteiger partial charge in [0.1, 0.15) is 11.6 Å². The van der Waals surface area contributed by atoms with Gasteiger partial charge >= 0.3 is 0 Å². The van der Waals surface area contributed by atoms with Gasteiger partial charge in [0, 0.05) is 13.0 Å². The Morgan fingerprint density at radius 1 is 1.28 bits per heavy atom. The molecule has 1 N–H and O–H groups in total. The number of carbonyl (C=O) groups is 1. The molecule has 4 nitrogen and oxygen atoms in total. The first kappa shape index (κ1) is 17.4. The van der Waals surface area contributed by atoms with Crippen molar-refractivity contribution in [2.45, 2.75) is 31.4 Å². The number of aliphatic hydroxyl groups excluding tert-OH is 1. The van der Waals surface area contributed by atoms with E-state index in [9.17, 15) is 14.3 Å². The van der Waals surface area contributed by atoms with Crippen molar-refractivity contribution in [3.8, 4) is 5.75 Å². The Bertz CT molecular complexity index is 732. The molecule has 3 rings (SSSR count). The molecule has 2 atom stereocenters.